The highest BCUT2D eigenvalue weighted by Crippen LogP contribution is 2.22. The summed E-state index contributed by atoms with van der Waals surface area (Å²) in [6.45, 7) is 2.90. The summed E-state index contributed by atoms with van der Waals surface area (Å²) < 4.78 is 5.20. The summed E-state index contributed by atoms with van der Waals surface area (Å²) in [5, 5.41) is 7.31. The first kappa shape index (κ1) is 10.3. The van der Waals surface area contributed by atoms with Crippen molar-refractivity contribution in [2.45, 2.75) is 25.8 Å². The molecule has 1 saturated heterocycles. The third-order valence-corrected chi connectivity index (χ3v) is 2.81. The highest BCUT2D eigenvalue weighted by molar-refractivity contribution is 5.44. The first-order valence-electron chi connectivity index (χ1n) is 5.69. The largest absolute Gasteiger partial charge is 0.332 e. The molecule has 1 atom stereocenters. The van der Waals surface area contributed by atoms with Gasteiger partial charge in [0.05, 0.1) is 17.9 Å². The SMILES string of the molecule is Cc1cnc(-c2nc(C3CCCN3)no2)cn1. The molecule has 2 aromatic rings. The summed E-state index contributed by atoms with van der Waals surface area (Å²) in [5.41, 5.74) is 1.48. The van der Waals surface area contributed by atoms with Gasteiger partial charge in [-0.1, -0.05) is 5.16 Å². The van der Waals surface area contributed by atoms with Crippen molar-refractivity contribution in [1.82, 2.24) is 25.4 Å². The lowest BCUT2D eigenvalue weighted by Gasteiger charge is -2.01. The van der Waals surface area contributed by atoms with Crippen LogP contribution in [0.5, 0.6) is 0 Å². The van der Waals surface area contributed by atoms with Gasteiger partial charge in [0.15, 0.2) is 5.82 Å². The molecule has 3 heterocycles. The van der Waals surface area contributed by atoms with E-state index in [4.69, 9.17) is 4.52 Å². The van der Waals surface area contributed by atoms with Crippen LogP contribution in [0.4, 0.5) is 0 Å². The minimum absolute atomic E-state index is 0.214. The van der Waals surface area contributed by atoms with Crippen LogP contribution >= 0.6 is 0 Å². The number of aryl methyl sites for hydroxylation is 1. The van der Waals surface area contributed by atoms with Crippen molar-refractivity contribution in [2.75, 3.05) is 6.54 Å². The van der Waals surface area contributed by atoms with Crippen LogP contribution in [0, 0.1) is 6.92 Å². The van der Waals surface area contributed by atoms with E-state index in [9.17, 15) is 0 Å². The molecular weight excluding hydrogens is 218 g/mol. The highest BCUT2D eigenvalue weighted by atomic mass is 16.5. The van der Waals surface area contributed by atoms with Gasteiger partial charge in [0.1, 0.15) is 5.69 Å². The van der Waals surface area contributed by atoms with E-state index >= 15 is 0 Å². The molecule has 1 unspecified atom stereocenters. The molecule has 1 N–H and O–H groups in total. The molecule has 1 fully saturated rings. The van der Waals surface area contributed by atoms with E-state index in [1.165, 1.54) is 0 Å². The smallest absolute Gasteiger partial charge is 0.278 e. The molecule has 0 bridgehead atoms. The Morgan fingerprint density at radius 1 is 1.35 bits per heavy atom. The van der Waals surface area contributed by atoms with Crippen molar-refractivity contribution in [1.29, 1.82) is 0 Å². The maximum atomic E-state index is 5.20. The Labute approximate surface area is 98.5 Å². The molecule has 0 saturated carbocycles. The molecule has 6 nitrogen and oxygen atoms in total. The molecule has 0 radical (unpaired) electrons. The molecule has 0 amide bonds. The summed E-state index contributed by atoms with van der Waals surface area (Å²) in [6, 6.07) is 0.214. The molecule has 0 aliphatic carbocycles. The monoisotopic (exact) mass is 231 g/mol. The van der Waals surface area contributed by atoms with Gasteiger partial charge in [-0.3, -0.25) is 4.98 Å². The number of nitrogens with one attached hydrogen (secondary N) is 1. The van der Waals surface area contributed by atoms with Crippen LogP contribution in [0.1, 0.15) is 30.4 Å². The summed E-state index contributed by atoms with van der Waals surface area (Å²) in [5.74, 6) is 1.14. The van der Waals surface area contributed by atoms with Gasteiger partial charge in [-0.25, -0.2) is 4.98 Å². The van der Waals surface area contributed by atoms with E-state index in [0.717, 1.165) is 25.1 Å². The van der Waals surface area contributed by atoms with Gasteiger partial charge in [0.25, 0.3) is 5.89 Å². The average Bonchev–Trinajstić information content (AvgIpc) is 3.00. The summed E-state index contributed by atoms with van der Waals surface area (Å²) in [4.78, 5) is 12.7. The zero-order chi connectivity index (χ0) is 11.7. The maximum absolute atomic E-state index is 5.20. The van der Waals surface area contributed by atoms with E-state index in [-0.39, 0.29) is 6.04 Å². The van der Waals surface area contributed by atoms with Crippen LogP contribution < -0.4 is 5.32 Å². The van der Waals surface area contributed by atoms with Crippen LogP contribution in [0.15, 0.2) is 16.9 Å². The van der Waals surface area contributed by atoms with Crippen LogP contribution in [0.25, 0.3) is 11.6 Å². The fraction of sp³-hybridized carbons (Fsp3) is 0.455. The first-order valence-corrected chi connectivity index (χ1v) is 5.69. The molecule has 0 spiro atoms. The van der Waals surface area contributed by atoms with Gasteiger partial charge in [-0.2, -0.15) is 4.98 Å². The Kier molecular flexibility index (Phi) is 2.56. The molecule has 6 heteroatoms. The number of hydrogen-bond donors (Lipinski definition) is 1. The van der Waals surface area contributed by atoms with E-state index < -0.39 is 0 Å². The Balaban J connectivity index is 1.86. The fourth-order valence-corrected chi connectivity index (χ4v) is 1.89. The molecule has 1 aliphatic rings. The third-order valence-electron chi connectivity index (χ3n) is 2.81. The normalized spacial score (nSPS) is 19.7. The van der Waals surface area contributed by atoms with Crippen molar-refractivity contribution < 1.29 is 4.52 Å². The van der Waals surface area contributed by atoms with Crippen molar-refractivity contribution in [3.8, 4) is 11.6 Å². The molecular formula is C11H13N5O. The first-order chi connectivity index (χ1) is 8.33. The Morgan fingerprint density at radius 2 is 2.29 bits per heavy atom. The molecule has 1 aliphatic heterocycles. The predicted octanol–water partition coefficient (Wildman–Crippen LogP) is 1.26. The van der Waals surface area contributed by atoms with Crippen molar-refractivity contribution in [2.24, 2.45) is 0 Å². The highest BCUT2D eigenvalue weighted by Gasteiger charge is 2.22. The van der Waals surface area contributed by atoms with Gasteiger partial charge in [-0.15, -0.1) is 0 Å². The average molecular weight is 231 g/mol. The number of rotatable bonds is 2. The van der Waals surface area contributed by atoms with Crippen LogP contribution in [0.2, 0.25) is 0 Å². The summed E-state index contributed by atoms with van der Waals surface area (Å²) in [7, 11) is 0. The van der Waals surface area contributed by atoms with Crippen molar-refractivity contribution in [3.05, 3.63) is 23.9 Å². The topological polar surface area (TPSA) is 76.7 Å². The second-order valence-corrected chi connectivity index (χ2v) is 4.15. The van der Waals surface area contributed by atoms with Gasteiger partial charge >= 0.3 is 0 Å². The standard InChI is InChI=1S/C11H13N5O/c1-7-5-14-9(6-13-7)11-15-10(16-17-11)8-3-2-4-12-8/h5-6,8,12H,2-4H2,1H3. The quantitative estimate of drug-likeness (QED) is 0.838. The number of hydrogen-bond acceptors (Lipinski definition) is 6. The van der Waals surface area contributed by atoms with Gasteiger partial charge in [0.2, 0.25) is 0 Å². The summed E-state index contributed by atoms with van der Waals surface area (Å²) in [6.07, 6.45) is 5.54. The van der Waals surface area contributed by atoms with Gasteiger partial charge < -0.3 is 9.84 Å². The molecule has 0 aromatic carbocycles. The molecule has 3 rings (SSSR count). The minimum atomic E-state index is 0.214. The van der Waals surface area contributed by atoms with E-state index in [1.807, 2.05) is 6.92 Å². The lowest BCUT2D eigenvalue weighted by molar-refractivity contribution is 0.411. The number of aromatic nitrogens is 4. The van der Waals surface area contributed by atoms with E-state index in [0.29, 0.717) is 17.4 Å². The zero-order valence-electron chi connectivity index (χ0n) is 9.55. The van der Waals surface area contributed by atoms with Crippen molar-refractivity contribution in [3.63, 3.8) is 0 Å². The second kappa shape index (κ2) is 4.21. The predicted molar refractivity (Wildman–Crippen MR) is 60.0 cm³/mol. The van der Waals surface area contributed by atoms with Gasteiger partial charge in [0, 0.05) is 6.20 Å². The second-order valence-electron chi connectivity index (χ2n) is 4.15. The lowest BCUT2D eigenvalue weighted by atomic mass is 10.2. The minimum Gasteiger partial charge on any atom is -0.332 e. The van der Waals surface area contributed by atoms with Crippen LogP contribution in [-0.4, -0.2) is 26.7 Å². The molecule has 88 valence electrons. The lowest BCUT2D eigenvalue weighted by Crippen LogP contribution is -2.14. The molecule has 2 aromatic heterocycles. The van der Waals surface area contributed by atoms with Crippen LogP contribution in [-0.2, 0) is 0 Å². The summed E-state index contributed by atoms with van der Waals surface area (Å²) >= 11 is 0. The van der Waals surface area contributed by atoms with Crippen molar-refractivity contribution >= 4 is 0 Å². The fourth-order valence-electron chi connectivity index (χ4n) is 1.89. The van der Waals surface area contributed by atoms with Crippen LogP contribution in [0.3, 0.4) is 0 Å². The Hall–Kier alpha value is -1.82. The maximum Gasteiger partial charge on any atom is 0.278 e. The Morgan fingerprint density at radius 3 is 3.00 bits per heavy atom. The van der Waals surface area contributed by atoms with Gasteiger partial charge in [-0.05, 0) is 26.3 Å². The number of nitrogens with zero attached hydrogens (tertiary/aromatic N) is 4. The molecule has 17 heavy (non-hydrogen) atoms. The third kappa shape index (κ3) is 2.03. The van der Waals surface area contributed by atoms with E-state index in [1.54, 1.807) is 12.4 Å². The van der Waals surface area contributed by atoms with E-state index in [2.05, 4.69) is 25.4 Å². The zero-order valence-corrected chi connectivity index (χ0v) is 9.55. The Bertz CT molecular complexity index is 501.